The largest absolute Gasteiger partial charge is 0.487 e. The van der Waals surface area contributed by atoms with E-state index in [-0.39, 0.29) is 6.61 Å². The molecule has 2 amide bonds. The standard InChI is InChI=1S/C21H22ClN5O2/c1-14-5-3-8-20(27(24)21(28)26(2)23)19(14)13-29-18-10-16(11-25-12-18)15-6-4-7-17(22)9-15/h3-12H,13,23-24H2,1-2H3. The average molecular weight is 412 g/mol. The van der Waals surface area contributed by atoms with E-state index >= 15 is 0 Å². The second-order valence-electron chi connectivity index (χ2n) is 6.54. The lowest BCUT2D eigenvalue weighted by Crippen LogP contribution is -2.49. The van der Waals surface area contributed by atoms with E-state index in [1.54, 1.807) is 18.5 Å². The number of hydrogen-bond donors (Lipinski definition) is 2. The SMILES string of the molecule is Cc1cccc(N(N)C(=O)N(C)N)c1COc1cncc(-c2cccc(Cl)c2)c1. The van der Waals surface area contributed by atoms with E-state index < -0.39 is 6.03 Å². The molecular formula is C21H22ClN5O2. The summed E-state index contributed by atoms with van der Waals surface area (Å²) in [4.78, 5) is 16.4. The van der Waals surface area contributed by atoms with Gasteiger partial charge in [-0.2, -0.15) is 0 Å². The number of nitrogens with zero attached hydrogens (tertiary/aromatic N) is 3. The third-order valence-electron chi connectivity index (χ3n) is 4.41. The summed E-state index contributed by atoms with van der Waals surface area (Å²) in [5.41, 5.74) is 4.06. The molecule has 0 unspecified atom stereocenters. The number of anilines is 1. The molecule has 0 fully saturated rings. The smallest absolute Gasteiger partial charge is 0.352 e. The monoisotopic (exact) mass is 411 g/mol. The van der Waals surface area contributed by atoms with Crippen molar-refractivity contribution < 1.29 is 9.53 Å². The van der Waals surface area contributed by atoms with Crippen LogP contribution >= 0.6 is 11.6 Å². The summed E-state index contributed by atoms with van der Waals surface area (Å²) in [6.45, 7) is 2.13. The number of benzene rings is 2. The average Bonchev–Trinajstić information content (AvgIpc) is 2.71. The highest BCUT2D eigenvalue weighted by Crippen LogP contribution is 2.27. The summed E-state index contributed by atoms with van der Waals surface area (Å²) in [6.07, 6.45) is 3.38. The Morgan fingerprint density at radius 2 is 1.86 bits per heavy atom. The van der Waals surface area contributed by atoms with Crippen molar-refractivity contribution in [2.45, 2.75) is 13.5 Å². The molecule has 0 aliphatic carbocycles. The molecule has 0 aliphatic rings. The number of halogens is 1. The van der Waals surface area contributed by atoms with Crippen LogP contribution < -0.4 is 21.4 Å². The second-order valence-corrected chi connectivity index (χ2v) is 6.98. The molecule has 8 heteroatoms. The third-order valence-corrected chi connectivity index (χ3v) is 4.64. The minimum Gasteiger partial charge on any atom is -0.487 e. The molecule has 0 saturated heterocycles. The van der Waals surface area contributed by atoms with Gasteiger partial charge in [0, 0.05) is 29.4 Å². The maximum absolute atomic E-state index is 12.2. The number of amides is 2. The quantitative estimate of drug-likeness (QED) is 0.377. The normalized spacial score (nSPS) is 10.5. The molecule has 3 rings (SSSR count). The van der Waals surface area contributed by atoms with Crippen molar-refractivity contribution in [2.75, 3.05) is 12.1 Å². The number of hydrazine groups is 2. The Bertz CT molecular complexity index is 1030. The molecule has 3 aromatic rings. The van der Waals surface area contributed by atoms with Crippen molar-refractivity contribution in [1.29, 1.82) is 0 Å². The zero-order valence-electron chi connectivity index (χ0n) is 16.2. The Hall–Kier alpha value is -3.13. The zero-order chi connectivity index (χ0) is 21.0. The van der Waals surface area contributed by atoms with Gasteiger partial charge in [-0.3, -0.25) is 9.99 Å². The van der Waals surface area contributed by atoms with Gasteiger partial charge < -0.3 is 4.74 Å². The molecule has 0 aliphatic heterocycles. The molecule has 0 saturated carbocycles. The summed E-state index contributed by atoms with van der Waals surface area (Å²) in [6, 6.07) is 14.3. The van der Waals surface area contributed by atoms with Gasteiger partial charge in [0.2, 0.25) is 0 Å². The van der Waals surface area contributed by atoms with Crippen molar-refractivity contribution >= 4 is 23.3 Å². The molecular weight excluding hydrogens is 390 g/mol. The number of aryl methyl sites for hydroxylation is 1. The molecule has 1 heterocycles. The molecule has 1 aromatic heterocycles. The van der Waals surface area contributed by atoms with Crippen LogP contribution in [0, 0.1) is 6.92 Å². The van der Waals surface area contributed by atoms with Crippen molar-refractivity contribution in [3.8, 4) is 16.9 Å². The highest BCUT2D eigenvalue weighted by atomic mass is 35.5. The first-order chi connectivity index (χ1) is 13.9. The van der Waals surface area contributed by atoms with Gasteiger partial charge in [-0.15, -0.1) is 0 Å². The molecule has 0 spiro atoms. The van der Waals surface area contributed by atoms with Crippen LogP contribution in [0.4, 0.5) is 10.5 Å². The van der Waals surface area contributed by atoms with E-state index in [0.717, 1.165) is 32.3 Å². The van der Waals surface area contributed by atoms with Gasteiger partial charge in [0.15, 0.2) is 0 Å². The number of nitrogens with two attached hydrogens (primary N) is 2. The van der Waals surface area contributed by atoms with Gasteiger partial charge in [-0.05, 0) is 42.3 Å². The van der Waals surface area contributed by atoms with Crippen molar-refractivity contribution in [3.63, 3.8) is 0 Å². The molecule has 4 N–H and O–H groups in total. The van der Waals surface area contributed by atoms with E-state index in [9.17, 15) is 4.79 Å². The number of urea groups is 1. The lowest BCUT2D eigenvalue weighted by Gasteiger charge is -2.24. The van der Waals surface area contributed by atoms with E-state index in [4.69, 9.17) is 28.0 Å². The van der Waals surface area contributed by atoms with E-state index in [0.29, 0.717) is 16.5 Å². The number of rotatable bonds is 5. The maximum Gasteiger partial charge on any atom is 0.352 e. The Morgan fingerprint density at radius 3 is 2.59 bits per heavy atom. The number of aromatic nitrogens is 1. The zero-order valence-corrected chi connectivity index (χ0v) is 16.9. The van der Waals surface area contributed by atoms with E-state index in [1.165, 1.54) is 7.05 Å². The van der Waals surface area contributed by atoms with Gasteiger partial charge in [0.05, 0.1) is 11.9 Å². The first-order valence-corrected chi connectivity index (χ1v) is 9.24. The number of carbonyl (C=O) groups is 1. The van der Waals surface area contributed by atoms with Crippen LogP contribution in [-0.4, -0.2) is 23.1 Å². The maximum atomic E-state index is 12.2. The molecule has 29 heavy (non-hydrogen) atoms. The number of hydrogen-bond acceptors (Lipinski definition) is 5. The first kappa shape index (κ1) is 20.6. The van der Waals surface area contributed by atoms with Crippen LogP contribution in [0.15, 0.2) is 60.9 Å². The van der Waals surface area contributed by atoms with Crippen LogP contribution in [0.25, 0.3) is 11.1 Å². The van der Waals surface area contributed by atoms with Crippen molar-refractivity contribution in [1.82, 2.24) is 9.99 Å². The lowest BCUT2D eigenvalue weighted by atomic mass is 10.1. The summed E-state index contributed by atoms with van der Waals surface area (Å²) < 4.78 is 5.96. The van der Waals surface area contributed by atoms with Gasteiger partial charge in [0.25, 0.3) is 0 Å². The van der Waals surface area contributed by atoms with Gasteiger partial charge in [-0.1, -0.05) is 35.9 Å². The third kappa shape index (κ3) is 4.83. The van der Waals surface area contributed by atoms with E-state index in [1.807, 2.05) is 49.4 Å². The summed E-state index contributed by atoms with van der Waals surface area (Å²) in [5, 5.41) is 2.58. The van der Waals surface area contributed by atoms with E-state index in [2.05, 4.69) is 4.98 Å². The molecule has 0 bridgehead atoms. The van der Waals surface area contributed by atoms with Gasteiger partial charge >= 0.3 is 6.03 Å². The lowest BCUT2D eigenvalue weighted by molar-refractivity contribution is 0.216. The Kier molecular flexibility index (Phi) is 6.33. The molecule has 0 atom stereocenters. The highest BCUT2D eigenvalue weighted by molar-refractivity contribution is 6.30. The number of pyridine rings is 1. The van der Waals surface area contributed by atoms with Crippen LogP contribution in [0.1, 0.15) is 11.1 Å². The second kappa shape index (κ2) is 8.91. The van der Waals surface area contributed by atoms with Crippen LogP contribution in [0.5, 0.6) is 5.75 Å². The Balaban J connectivity index is 1.84. The van der Waals surface area contributed by atoms with Crippen molar-refractivity contribution in [2.24, 2.45) is 11.7 Å². The highest BCUT2D eigenvalue weighted by Gasteiger charge is 2.19. The summed E-state index contributed by atoms with van der Waals surface area (Å²) in [5.74, 6) is 12.1. The van der Waals surface area contributed by atoms with Crippen molar-refractivity contribution in [3.05, 3.63) is 77.1 Å². The number of ether oxygens (including phenoxy) is 1. The van der Waals surface area contributed by atoms with Gasteiger partial charge in [-0.25, -0.2) is 21.5 Å². The fraction of sp³-hybridized carbons (Fsp3) is 0.143. The Labute approximate surface area is 174 Å². The fourth-order valence-electron chi connectivity index (χ4n) is 2.85. The summed E-state index contributed by atoms with van der Waals surface area (Å²) >= 11 is 6.08. The predicted octanol–water partition coefficient (Wildman–Crippen LogP) is 3.90. The molecule has 7 nitrogen and oxygen atoms in total. The van der Waals surface area contributed by atoms with Crippen LogP contribution in [0.2, 0.25) is 5.02 Å². The number of carbonyl (C=O) groups excluding carboxylic acids is 1. The molecule has 2 aromatic carbocycles. The molecule has 0 radical (unpaired) electrons. The minimum atomic E-state index is -0.540. The predicted molar refractivity (Wildman–Crippen MR) is 114 cm³/mol. The fourth-order valence-corrected chi connectivity index (χ4v) is 3.04. The summed E-state index contributed by atoms with van der Waals surface area (Å²) in [7, 11) is 1.43. The van der Waals surface area contributed by atoms with Crippen LogP contribution in [-0.2, 0) is 6.61 Å². The minimum absolute atomic E-state index is 0.206. The van der Waals surface area contributed by atoms with Gasteiger partial charge in [0.1, 0.15) is 12.4 Å². The molecule has 150 valence electrons. The first-order valence-electron chi connectivity index (χ1n) is 8.86. The topological polar surface area (TPSA) is 97.7 Å². The van der Waals surface area contributed by atoms with Crippen LogP contribution in [0.3, 0.4) is 0 Å². The Morgan fingerprint density at radius 1 is 1.10 bits per heavy atom.